The number of aliphatic carboxylic acids is 1. The van der Waals surface area contributed by atoms with Crippen LogP contribution in [0.5, 0.6) is 5.75 Å². The van der Waals surface area contributed by atoms with E-state index in [9.17, 15) is 34.2 Å². The standard InChI is InChI=1S/C19H27N5O7/c1-9(20)16(27)22-10(2)17(28)23-13(7-11-3-5-12(25)6-4-11)18(29)24-14(19(30)31)8-15(21)26/h3-6,9-10,13-14,25H,7-8,20H2,1-2H3,(H2,21,26)(H,22,27)(H,23,28)(H,24,29)(H,30,31). The average Bonchev–Trinajstić information content (AvgIpc) is 2.67. The number of benzene rings is 1. The summed E-state index contributed by atoms with van der Waals surface area (Å²) in [7, 11) is 0. The lowest BCUT2D eigenvalue weighted by atomic mass is 10.0. The Morgan fingerprint density at radius 2 is 1.45 bits per heavy atom. The van der Waals surface area contributed by atoms with Crippen molar-refractivity contribution in [2.24, 2.45) is 11.5 Å². The lowest BCUT2D eigenvalue weighted by Crippen LogP contribution is -2.57. The molecular formula is C19H27N5O7. The molecule has 12 heteroatoms. The van der Waals surface area contributed by atoms with E-state index in [-0.39, 0.29) is 12.2 Å². The molecular weight excluding hydrogens is 410 g/mol. The first-order valence-corrected chi connectivity index (χ1v) is 9.36. The summed E-state index contributed by atoms with van der Waals surface area (Å²) >= 11 is 0. The average molecular weight is 437 g/mol. The van der Waals surface area contributed by atoms with E-state index in [1.807, 2.05) is 0 Å². The number of nitrogens with one attached hydrogen (secondary N) is 3. The maximum atomic E-state index is 12.7. The molecule has 4 atom stereocenters. The Morgan fingerprint density at radius 1 is 0.903 bits per heavy atom. The van der Waals surface area contributed by atoms with Crippen LogP contribution in [0.25, 0.3) is 0 Å². The van der Waals surface area contributed by atoms with Crippen LogP contribution in [0, 0.1) is 0 Å². The molecule has 9 N–H and O–H groups in total. The zero-order chi connectivity index (χ0) is 23.7. The molecule has 0 aliphatic rings. The summed E-state index contributed by atoms with van der Waals surface area (Å²) in [5.41, 5.74) is 11.0. The number of carbonyl (C=O) groups excluding carboxylic acids is 4. The van der Waals surface area contributed by atoms with E-state index < -0.39 is 60.2 Å². The van der Waals surface area contributed by atoms with Crippen molar-refractivity contribution in [3.8, 4) is 5.75 Å². The first-order chi connectivity index (χ1) is 14.4. The van der Waals surface area contributed by atoms with Gasteiger partial charge in [-0.15, -0.1) is 0 Å². The molecule has 4 unspecified atom stereocenters. The van der Waals surface area contributed by atoms with E-state index in [4.69, 9.17) is 11.5 Å². The molecule has 4 amide bonds. The molecule has 0 fully saturated rings. The van der Waals surface area contributed by atoms with Crippen LogP contribution in [0.2, 0.25) is 0 Å². The first kappa shape index (κ1) is 25.4. The molecule has 0 saturated heterocycles. The SMILES string of the molecule is CC(N)C(=O)NC(C)C(=O)NC(Cc1ccc(O)cc1)C(=O)NC(CC(N)=O)C(=O)O. The molecule has 0 spiro atoms. The Kier molecular flexibility index (Phi) is 9.41. The molecule has 0 aliphatic carbocycles. The van der Waals surface area contributed by atoms with Crippen molar-refractivity contribution in [1.82, 2.24) is 16.0 Å². The normalized spacial score (nSPS) is 14.4. The molecule has 1 aromatic rings. The number of phenols is 1. The van der Waals surface area contributed by atoms with Gasteiger partial charge in [-0.25, -0.2) is 4.79 Å². The van der Waals surface area contributed by atoms with Crippen LogP contribution in [0.4, 0.5) is 0 Å². The molecule has 0 bridgehead atoms. The van der Waals surface area contributed by atoms with Gasteiger partial charge in [0.05, 0.1) is 12.5 Å². The fourth-order valence-electron chi connectivity index (χ4n) is 2.46. The molecule has 0 aliphatic heterocycles. The monoisotopic (exact) mass is 437 g/mol. The number of nitrogens with two attached hydrogens (primary N) is 2. The van der Waals surface area contributed by atoms with Crippen LogP contribution in [-0.4, -0.2) is 64.0 Å². The zero-order valence-corrected chi connectivity index (χ0v) is 17.1. The second kappa shape index (κ2) is 11.5. The maximum absolute atomic E-state index is 12.7. The highest BCUT2D eigenvalue weighted by Crippen LogP contribution is 2.12. The molecule has 1 rings (SSSR count). The van der Waals surface area contributed by atoms with Gasteiger partial charge >= 0.3 is 5.97 Å². The summed E-state index contributed by atoms with van der Waals surface area (Å²) in [6.07, 6.45) is -0.698. The van der Waals surface area contributed by atoms with Crippen LogP contribution in [0.1, 0.15) is 25.8 Å². The minimum atomic E-state index is -1.58. The zero-order valence-electron chi connectivity index (χ0n) is 17.1. The Bertz CT molecular complexity index is 825. The van der Waals surface area contributed by atoms with Crippen molar-refractivity contribution in [2.45, 2.75) is 50.9 Å². The largest absolute Gasteiger partial charge is 0.508 e. The number of hydrogen-bond donors (Lipinski definition) is 7. The number of carboxylic acid groups (broad SMARTS) is 1. The summed E-state index contributed by atoms with van der Waals surface area (Å²) in [6, 6.07) is 1.07. The third kappa shape index (κ3) is 8.70. The summed E-state index contributed by atoms with van der Waals surface area (Å²) in [5, 5.41) is 25.6. The van der Waals surface area contributed by atoms with Crippen LogP contribution >= 0.6 is 0 Å². The van der Waals surface area contributed by atoms with E-state index in [0.717, 1.165) is 0 Å². The summed E-state index contributed by atoms with van der Waals surface area (Å²) in [4.78, 5) is 59.3. The number of hydrogen-bond acceptors (Lipinski definition) is 7. The predicted octanol–water partition coefficient (Wildman–Crippen LogP) is -2.28. The third-order valence-corrected chi connectivity index (χ3v) is 4.19. The Labute approximate surface area is 178 Å². The van der Waals surface area contributed by atoms with Crippen molar-refractivity contribution in [3.05, 3.63) is 29.8 Å². The van der Waals surface area contributed by atoms with E-state index in [2.05, 4.69) is 16.0 Å². The molecule has 1 aromatic carbocycles. The highest BCUT2D eigenvalue weighted by Gasteiger charge is 2.29. The van der Waals surface area contributed by atoms with Crippen molar-refractivity contribution in [1.29, 1.82) is 0 Å². The smallest absolute Gasteiger partial charge is 0.326 e. The fraction of sp³-hybridized carbons (Fsp3) is 0.421. The van der Waals surface area contributed by atoms with Crippen LogP contribution in [0.3, 0.4) is 0 Å². The number of rotatable bonds is 11. The van der Waals surface area contributed by atoms with Crippen LogP contribution < -0.4 is 27.4 Å². The van der Waals surface area contributed by atoms with E-state index in [1.54, 1.807) is 0 Å². The number of amides is 4. The number of primary amides is 1. The Hall–Kier alpha value is -3.67. The van der Waals surface area contributed by atoms with Crippen LogP contribution in [-0.2, 0) is 30.4 Å². The number of carboxylic acids is 1. The van der Waals surface area contributed by atoms with Gasteiger partial charge in [-0.1, -0.05) is 12.1 Å². The third-order valence-electron chi connectivity index (χ3n) is 4.19. The molecule has 0 saturated carbocycles. The predicted molar refractivity (Wildman–Crippen MR) is 108 cm³/mol. The second-order valence-electron chi connectivity index (χ2n) is 7.02. The molecule has 0 radical (unpaired) electrons. The highest BCUT2D eigenvalue weighted by atomic mass is 16.4. The van der Waals surface area contributed by atoms with Gasteiger partial charge in [-0.3, -0.25) is 19.2 Å². The Balaban J connectivity index is 3.01. The van der Waals surface area contributed by atoms with Crippen molar-refractivity contribution in [2.75, 3.05) is 0 Å². The highest BCUT2D eigenvalue weighted by molar-refractivity contribution is 5.94. The molecule has 31 heavy (non-hydrogen) atoms. The lowest BCUT2D eigenvalue weighted by molar-refractivity contribution is -0.143. The maximum Gasteiger partial charge on any atom is 0.326 e. The van der Waals surface area contributed by atoms with Gasteiger partial charge in [-0.2, -0.15) is 0 Å². The lowest BCUT2D eigenvalue weighted by Gasteiger charge is -2.23. The van der Waals surface area contributed by atoms with E-state index in [1.165, 1.54) is 38.1 Å². The molecule has 170 valence electrons. The van der Waals surface area contributed by atoms with Gasteiger partial charge in [0.15, 0.2) is 0 Å². The van der Waals surface area contributed by atoms with Crippen molar-refractivity contribution < 1.29 is 34.2 Å². The Morgan fingerprint density at radius 3 is 1.94 bits per heavy atom. The van der Waals surface area contributed by atoms with Crippen molar-refractivity contribution >= 4 is 29.6 Å². The summed E-state index contributed by atoms with van der Waals surface area (Å²) in [5.74, 6) is -4.57. The molecule has 12 nitrogen and oxygen atoms in total. The van der Waals surface area contributed by atoms with Gasteiger partial charge in [0, 0.05) is 6.42 Å². The number of aromatic hydroxyl groups is 1. The fourth-order valence-corrected chi connectivity index (χ4v) is 2.46. The van der Waals surface area contributed by atoms with Crippen LogP contribution in [0.15, 0.2) is 24.3 Å². The van der Waals surface area contributed by atoms with Crippen molar-refractivity contribution in [3.63, 3.8) is 0 Å². The van der Waals surface area contributed by atoms with Gasteiger partial charge in [0.2, 0.25) is 23.6 Å². The minimum Gasteiger partial charge on any atom is -0.508 e. The molecule has 0 aromatic heterocycles. The topological polar surface area (TPSA) is 214 Å². The summed E-state index contributed by atoms with van der Waals surface area (Å²) < 4.78 is 0. The van der Waals surface area contributed by atoms with E-state index in [0.29, 0.717) is 5.56 Å². The molecule has 0 heterocycles. The quantitative estimate of drug-likeness (QED) is 0.200. The first-order valence-electron chi connectivity index (χ1n) is 9.36. The number of carbonyl (C=O) groups is 5. The van der Waals surface area contributed by atoms with Gasteiger partial charge in [-0.05, 0) is 31.5 Å². The van der Waals surface area contributed by atoms with E-state index >= 15 is 0 Å². The number of phenolic OH excluding ortho intramolecular Hbond substituents is 1. The summed E-state index contributed by atoms with van der Waals surface area (Å²) in [6.45, 7) is 2.82. The van der Waals surface area contributed by atoms with Gasteiger partial charge in [0.1, 0.15) is 23.9 Å². The van der Waals surface area contributed by atoms with Gasteiger partial charge in [0.25, 0.3) is 0 Å². The van der Waals surface area contributed by atoms with Gasteiger partial charge < -0.3 is 37.6 Å². The minimum absolute atomic E-state index is 0.00609. The second-order valence-corrected chi connectivity index (χ2v) is 7.02.